The van der Waals surface area contributed by atoms with Gasteiger partial charge in [0.25, 0.3) is 0 Å². The first-order valence-electron chi connectivity index (χ1n) is 8.10. The number of hydrogen-bond acceptors (Lipinski definition) is 8. The van der Waals surface area contributed by atoms with Gasteiger partial charge in [-0.2, -0.15) is 0 Å². The van der Waals surface area contributed by atoms with Gasteiger partial charge < -0.3 is 24.6 Å². The Labute approximate surface area is 157 Å². The molecule has 26 heavy (non-hydrogen) atoms. The number of aliphatic hydroxyl groups is 1. The van der Waals surface area contributed by atoms with Crippen LogP contribution in [0.5, 0.6) is 11.5 Å². The summed E-state index contributed by atoms with van der Waals surface area (Å²) in [7, 11) is 4.86. The average Bonchev–Trinajstić information content (AvgIpc) is 3.15. The monoisotopic (exact) mass is 377 g/mol. The third-order valence-electron chi connectivity index (χ3n) is 4.08. The van der Waals surface area contributed by atoms with Crippen molar-refractivity contribution in [1.82, 2.24) is 10.9 Å². The number of rotatable bonds is 7. The number of methoxy groups -OCH3 is 3. The SMILES string of the molecule is COc1ccc(C(O)c2cc(OC)ccc2NC2NNC(OC)S2)cc1. The van der Waals surface area contributed by atoms with Gasteiger partial charge in [0.1, 0.15) is 23.1 Å². The molecule has 0 saturated carbocycles. The Morgan fingerprint density at radius 3 is 2.31 bits per heavy atom. The standard InChI is InChI=1S/C18H23N3O4S/c1-23-12-6-4-11(5-7-12)16(22)14-10-13(24-2)8-9-15(14)19-17-20-21-18(25-3)26-17/h4-10,16-22H,1-3H3. The molecule has 0 spiro atoms. The quantitative estimate of drug-likeness (QED) is 0.585. The van der Waals surface area contributed by atoms with Crippen LogP contribution in [0.3, 0.4) is 0 Å². The number of benzene rings is 2. The smallest absolute Gasteiger partial charge is 0.171 e. The summed E-state index contributed by atoms with van der Waals surface area (Å²) in [6.07, 6.45) is -0.809. The number of hydrogen-bond donors (Lipinski definition) is 4. The van der Waals surface area contributed by atoms with Crippen LogP contribution in [0.25, 0.3) is 0 Å². The Morgan fingerprint density at radius 2 is 1.69 bits per heavy atom. The highest BCUT2D eigenvalue weighted by molar-refractivity contribution is 8.00. The van der Waals surface area contributed by atoms with Gasteiger partial charge in [-0.05, 0) is 35.9 Å². The largest absolute Gasteiger partial charge is 0.497 e. The zero-order chi connectivity index (χ0) is 18.5. The van der Waals surface area contributed by atoms with Gasteiger partial charge in [0, 0.05) is 18.4 Å². The summed E-state index contributed by atoms with van der Waals surface area (Å²) >= 11 is 1.55. The highest BCUT2D eigenvalue weighted by Gasteiger charge is 2.25. The molecule has 0 radical (unpaired) electrons. The third kappa shape index (κ3) is 4.22. The van der Waals surface area contributed by atoms with Crippen molar-refractivity contribution >= 4 is 17.4 Å². The first-order chi connectivity index (χ1) is 12.6. The van der Waals surface area contributed by atoms with Crippen LogP contribution in [0.4, 0.5) is 5.69 Å². The Balaban J connectivity index is 1.85. The fraction of sp³-hybridized carbons (Fsp3) is 0.333. The van der Waals surface area contributed by atoms with Gasteiger partial charge in [-0.25, -0.2) is 10.9 Å². The fourth-order valence-corrected chi connectivity index (χ4v) is 3.48. The van der Waals surface area contributed by atoms with Crippen LogP contribution in [0.2, 0.25) is 0 Å². The molecule has 0 aliphatic carbocycles. The van der Waals surface area contributed by atoms with E-state index in [-0.39, 0.29) is 11.1 Å². The van der Waals surface area contributed by atoms with E-state index in [4.69, 9.17) is 14.2 Å². The van der Waals surface area contributed by atoms with Crippen LogP contribution in [0.1, 0.15) is 17.2 Å². The van der Waals surface area contributed by atoms with Crippen molar-refractivity contribution in [1.29, 1.82) is 0 Å². The highest BCUT2D eigenvalue weighted by atomic mass is 32.2. The van der Waals surface area contributed by atoms with E-state index in [0.29, 0.717) is 5.75 Å². The van der Waals surface area contributed by atoms with Crippen LogP contribution in [0, 0.1) is 0 Å². The van der Waals surface area contributed by atoms with Gasteiger partial charge in [0.2, 0.25) is 0 Å². The van der Waals surface area contributed by atoms with Crippen molar-refractivity contribution in [2.24, 2.45) is 0 Å². The first kappa shape index (κ1) is 18.8. The molecule has 1 aliphatic heterocycles. The zero-order valence-corrected chi connectivity index (χ0v) is 15.7. The third-order valence-corrected chi connectivity index (χ3v) is 5.14. The van der Waals surface area contributed by atoms with Crippen molar-refractivity contribution in [2.75, 3.05) is 26.6 Å². The van der Waals surface area contributed by atoms with Crippen LogP contribution in [-0.4, -0.2) is 37.5 Å². The van der Waals surface area contributed by atoms with E-state index in [1.54, 1.807) is 33.1 Å². The molecule has 0 bridgehead atoms. The van der Waals surface area contributed by atoms with E-state index in [2.05, 4.69) is 16.2 Å². The number of nitrogens with one attached hydrogen (secondary N) is 3. The summed E-state index contributed by atoms with van der Waals surface area (Å²) in [5.41, 5.74) is 8.17. The minimum atomic E-state index is -0.809. The number of anilines is 1. The maximum Gasteiger partial charge on any atom is 0.171 e. The highest BCUT2D eigenvalue weighted by Crippen LogP contribution is 2.34. The van der Waals surface area contributed by atoms with Crippen molar-refractivity contribution < 1.29 is 19.3 Å². The Hall–Kier alpha value is -1.97. The maximum absolute atomic E-state index is 10.9. The molecular formula is C18H23N3O4S. The van der Waals surface area contributed by atoms with Crippen LogP contribution in [-0.2, 0) is 4.74 Å². The summed E-state index contributed by atoms with van der Waals surface area (Å²) < 4.78 is 15.8. The first-order valence-corrected chi connectivity index (χ1v) is 9.04. The predicted molar refractivity (Wildman–Crippen MR) is 102 cm³/mol. The van der Waals surface area contributed by atoms with E-state index in [9.17, 15) is 5.11 Å². The molecule has 0 aromatic heterocycles. The van der Waals surface area contributed by atoms with Crippen LogP contribution >= 0.6 is 11.8 Å². The lowest BCUT2D eigenvalue weighted by molar-refractivity contribution is 0.142. The number of aliphatic hydroxyl groups excluding tert-OH is 1. The molecule has 1 aliphatic rings. The van der Waals surface area contributed by atoms with E-state index in [1.807, 2.05) is 42.5 Å². The molecule has 4 N–H and O–H groups in total. The molecule has 0 amide bonds. The summed E-state index contributed by atoms with van der Waals surface area (Å²) in [4.78, 5) is 0. The molecule has 7 nitrogen and oxygen atoms in total. The Kier molecular flexibility index (Phi) is 6.23. The van der Waals surface area contributed by atoms with Crippen molar-refractivity contribution in [3.63, 3.8) is 0 Å². The molecule has 8 heteroatoms. The second-order valence-corrected chi connectivity index (χ2v) is 6.82. The van der Waals surface area contributed by atoms with E-state index < -0.39 is 6.10 Å². The molecule has 1 fully saturated rings. The number of thioether (sulfide) groups is 1. The van der Waals surface area contributed by atoms with Gasteiger partial charge >= 0.3 is 0 Å². The van der Waals surface area contributed by atoms with Gasteiger partial charge in [-0.1, -0.05) is 23.9 Å². The predicted octanol–water partition coefficient (Wildman–Crippen LogP) is 2.25. The summed E-state index contributed by atoms with van der Waals surface area (Å²) in [5.74, 6) is 1.42. The second-order valence-electron chi connectivity index (χ2n) is 5.65. The summed E-state index contributed by atoms with van der Waals surface area (Å²) in [6, 6.07) is 12.9. The molecule has 3 atom stereocenters. The fourth-order valence-electron chi connectivity index (χ4n) is 2.65. The molecule has 2 aromatic rings. The normalized spacial score (nSPS) is 20.6. The van der Waals surface area contributed by atoms with Gasteiger partial charge in [-0.15, -0.1) is 0 Å². The van der Waals surface area contributed by atoms with E-state index >= 15 is 0 Å². The maximum atomic E-state index is 10.9. The molecule has 2 aromatic carbocycles. The van der Waals surface area contributed by atoms with Crippen LogP contribution < -0.4 is 25.6 Å². The lowest BCUT2D eigenvalue weighted by Gasteiger charge is -2.21. The van der Waals surface area contributed by atoms with Gasteiger partial charge in [0.15, 0.2) is 5.56 Å². The van der Waals surface area contributed by atoms with Crippen molar-refractivity contribution in [3.8, 4) is 11.5 Å². The minimum Gasteiger partial charge on any atom is -0.497 e. The average molecular weight is 377 g/mol. The topological polar surface area (TPSA) is 84.0 Å². The lowest BCUT2D eigenvalue weighted by atomic mass is 9.99. The molecule has 1 saturated heterocycles. The number of hydrazine groups is 1. The molecule has 3 rings (SSSR count). The van der Waals surface area contributed by atoms with Crippen LogP contribution in [0.15, 0.2) is 42.5 Å². The van der Waals surface area contributed by atoms with Crippen molar-refractivity contribution in [2.45, 2.75) is 17.2 Å². The Bertz CT molecular complexity index is 729. The molecular weight excluding hydrogens is 354 g/mol. The van der Waals surface area contributed by atoms with Gasteiger partial charge in [0.05, 0.1) is 14.2 Å². The molecule has 3 unspecified atom stereocenters. The van der Waals surface area contributed by atoms with Crippen molar-refractivity contribution in [3.05, 3.63) is 53.6 Å². The zero-order valence-electron chi connectivity index (χ0n) is 14.9. The number of ether oxygens (including phenoxy) is 3. The minimum absolute atomic E-state index is 0.102. The second kappa shape index (κ2) is 8.61. The summed E-state index contributed by atoms with van der Waals surface area (Å²) in [6.45, 7) is 0. The van der Waals surface area contributed by atoms with E-state index in [1.165, 1.54) is 0 Å². The summed E-state index contributed by atoms with van der Waals surface area (Å²) in [5, 5.41) is 14.3. The van der Waals surface area contributed by atoms with Gasteiger partial charge in [-0.3, -0.25) is 0 Å². The molecule has 140 valence electrons. The molecule has 1 heterocycles. The lowest BCUT2D eigenvalue weighted by Crippen LogP contribution is -2.37. The Morgan fingerprint density at radius 1 is 1.00 bits per heavy atom. The van der Waals surface area contributed by atoms with E-state index in [0.717, 1.165) is 22.6 Å².